The van der Waals surface area contributed by atoms with Crippen LogP contribution < -0.4 is 5.73 Å². The van der Waals surface area contributed by atoms with E-state index in [2.05, 4.69) is 4.99 Å². The summed E-state index contributed by atoms with van der Waals surface area (Å²) in [5.74, 6) is -0.879. The van der Waals surface area contributed by atoms with Gasteiger partial charge in [-0.3, -0.25) is 0 Å². The molecular weight excluding hydrogens is 228 g/mol. The van der Waals surface area contributed by atoms with Crippen molar-refractivity contribution >= 4 is 24.7 Å². The lowest BCUT2D eigenvalue weighted by molar-refractivity contribution is 0.599. The summed E-state index contributed by atoms with van der Waals surface area (Å²) in [6, 6.07) is 0. The molecule has 0 atom stereocenters. The highest BCUT2D eigenvalue weighted by molar-refractivity contribution is 8.11. The van der Waals surface area contributed by atoms with Crippen molar-refractivity contribution in [3.05, 3.63) is 11.2 Å². The lowest BCUT2D eigenvalue weighted by Crippen LogP contribution is -2.22. The van der Waals surface area contributed by atoms with Crippen molar-refractivity contribution in [1.82, 2.24) is 0 Å². The average molecular weight is 238 g/mol. The molecule has 0 amide bonds. The van der Waals surface area contributed by atoms with Gasteiger partial charge in [0.1, 0.15) is 11.6 Å². The Kier molecular flexibility index (Phi) is 2.68. The molecule has 0 saturated carbocycles. The number of nitrogens with zero attached hydrogens (tertiary/aromatic N) is 1. The van der Waals surface area contributed by atoms with Crippen molar-refractivity contribution in [2.24, 2.45) is 10.7 Å². The molecule has 0 spiro atoms. The molecule has 8 heteroatoms. The zero-order valence-corrected chi connectivity index (χ0v) is 9.10. The van der Waals surface area contributed by atoms with Crippen LogP contribution in [0.2, 0.25) is 0 Å². The first-order chi connectivity index (χ1) is 6.27. The van der Waals surface area contributed by atoms with Crippen molar-refractivity contribution in [2.45, 2.75) is 6.92 Å². The molecule has 1 heterocycles. The van der Waals surface area contributed by atoms with Crippen LogP contribution in [0.15, 0.2) is 16.2 Å². The van der Waals surface area contributed by atoms with E-state index in [9.17, 15) is 16.8 Å². The van der Waals surface area contributed by atoms with Gasteiger partial charge in [0, 0.05) is 5.75 Å². The second kappa shape index (κ2) is 3.35. The topological polar surface area (TPSA) is 107 Å². The summed E-state index contributed by atoms with van der Waals surface area (Å²) in [7, 11) is -7.09. The van der Waals surface area contributed by atoms with E-state index in [4.69, 9.17) is 5.73 Å². The van der Waals surface area contributed by atoms with E-state index in [1.165, 1.54) is 6.92 Å². The summed E-state index contributed by atoms with van der Waals surface area (Å²) in [5, 5.41) is 0.366. The average Bonchev–Trinajstić information content (AvgIpc) is 2.24. The summed E-state index contributed by atoms with van der Waals surface area (Å²) in [5.41, 5.74) is 5.16. The molecule has 1 rings (SSSR count). The van der Waals surface area contributed by atoms with Gasteiger partial charge in [0.25, 0.3) is 0 Å². The summed E-state index contributed by atoms with van der Waals surface area (Å²) in [4.78, 5) is 3.46. The molecule has 0 aromatic rings. The SMILES string of the molecule is CCS(=O)(=O)CC1=NC(N)=CS1(=O)=O. The molecule has 0 aromatic heterocycles. The zero-order valence-electron chi connectivity index (χ0n) is 7.47. The maximum Gasteiger partial charge on any atom is 0.217 e. The highest BCUT2D eigenvalue weighted by atomic mass is 32.2. The van der Waals surface area contributed by atoms with Crippen LogP contribution in [-0.2, 0) is 19.7 Å². The third-order valence-electron chi connectivity index (χ3n) is 1.64. The first-order valence-corrected chi connectivity index (χ1v) is 7.14. The maximum atomic E-state index is 11.2. The molecule has 0 radical (unpaired) electrons. The standard InChI is InChI=1S/C6H10N2O4S2/c1-2-13(9,10)4-6-8-5(7)3-14(6,11)12/h3H,2,4,7H2,1H3. The second-order valence-electron chi connectivity index (χ2n) is 2.77. The van der Waals surface area contributed by atoms with Crippen molar-refractivity contribution < 1.29 is 16.8 Å². The fraction of sp³-hybridized carbons (Fsp3) is 0.500. The van der Waals surface area contributed by atoms with Gasteiger partial charge < -0.3 is 5.73 Å². The highest BCUT2D eigenvalue weighted by Crippen LogP contribution is 2.12. The van der Waals surface area contributed by atoms with Crippen LogP contribution in [0.25, 0.3) is 0 Å². The van der Waals surface area contributed by atoms with Crippen molar-refractivity contribution in [2.75, 3.05) is 11.5 Å². The number of nitrogens with two attached hydrogens (primary N) is 1. The van der Waals surface area contributed by atoms with Crippen molar-refractivity contribution in [3.8, 4) is 0 Å². The Bertz CT molecular complexity index is 498. The quantitative estimate of drug-likeness (QED) is 0.679. The Labute approximate surface area is 82.4 Å². The fourth-order valence-electron chi connectivity index (χ4n) is 0.866. The van der Waals surface area contributed by atoms with E-state index in [-0.39, 0.29) is 11.6 Å². The molecule has 80 valence electrons. The predicted octanol–water partition coefficient (Wildman–Crippen LogP) is -0.994. The van der Waals surface area contributed by atoms with Crippen LogP contribution in [-0.4, -0.2) is 33.4 Å². The normalized spacial score (nSPS) is 20.4. The summed E-state index contributed by atoms with van der Waals surface area (Å²) >= 11 is 0. The van der Waals surface area contributed by atoms with E-state index in [0.29, 0.717) is 0 Å². The Morgan fingerprint density at radius 3 is 2.43 bits per heavy atom. The lowest BCUT2D eigenvalue weighted by atomic mass is 10.8. The van der Waals surface area contributed by atoms with E-state index in [1.54, 1.807) is 0 Å². The fourth-order valence-corrected chi connectivity index (χ4v) is 3.45. The van der Waals surface area contributed by atoms with Gasteiger partial charge in [0.2, 0.25) is 9.84 Å². The third-order valence-corrected chi connectivity index (χ3v) is 4.86. The van der Waals surface area contributed by atoms with Crippen LogP contribution in [0.5, 0.6) is 0 Å². The van der Waals surface area contributed by atoms with Crippen molar-refractivity contribution in [3.63, 3.8) is 0 Å². The van der Waals surface area contributed by atoms with Gasteiger partial charge in [-0.25, -0.2) is 21.8 Å². The largest absolute Gasteiger partial charge is 0.383 e. The molecule has 6 nitrogen and oxygen atoms in total. The minimum atomic E-state index is -3.70. The van der Waals surface area contributed by atoms with Crippen LogP contribution >= 0.6 is 0 Å². The number of hydrogen-bond donors (Lipinski definition) is 1. The van der Waals surface area contributed by atoms with E-state index in [1.807, 2.05) is 0 Å². The number of sulfone groups is 2. The monoisotopic (exact) mass is 238 g/mol. The molecule has 0 unspecified atom stereocenters. The predicted molar refractivity (Wildman–Crippen MR) is 53.0 cm³/mol. The molecule has 0 aromatic carbocycles. The van der Waals surface area contributed by atoms with Crippen LogP contribution in [0.3, 0.4) is 0 Å². The van der Waals surface area contributed by atoms with Gasteiger partial charge in [0.15, 0.2) is 14.9 Å². The van der Waals surface area contributed by atoms with Crippen LogP contribution in [0.4, 0.5) is 0 Å². The zero-order chi connectivity index (χ0) is 11.0. The van der Waals surface area contributed by atoms with Gasteiger partial charge in [-0.15, -0.1) is 0 Å². The number of aliphatic imine (C=N–C) groups is 1. The molecule has 0 aliphatic carbocycles. The third kappa shape index (κ3) is 2.32. The van der Waals surface area contributed by atoms with Gasteiger partial charge in [-0.05, 0) is 0 Å². The van der Waals surface area contributed by atoms with E-state index < -0.39 is 30.5 Å². The summed E-state index contributed by atoms with van der Waals surface area (Å²) in [6.07, 6.45) is 0. The Morgan fingerprint density at radius 1 is 1.50 bits per heavy atom. The minimum absolute atomic E-state index is 0.124. The first kappa shape index (κ1) is 11.2. The number of hydrogen-bond acceptors (Lipinski definition) is 6. The Morgan fingerprint density at radius 2 is 2.07 bits per heavy atom. The van der Waals surface area contributed by atoms with E-state index in [0.717, 1.165) is 5.41 Å². The smallest absolute Gasteiger partial charge is 0.217 e. The van der Waals surface area contributed by atoms with Crippen LogP contribution in [0, 0.1) is 0 Å². The van der Waals surface area contributed by atoms with Crippen molar-refractivity contribution in [1.29, 1.82) is 0 Å². The van der Waals surface area contributed by atoms with Gasteiger partial charge in [0.05, 0.1) is 5.41 Å². The molecule has 1 aliphatic rings. The molecule has 0 bridgehead atoms. The second-order valence-corrected chi connectivity index (χ2v) is 6.92. The molecule has 2 N–H and O–H groups in total. The highest BCUT2D eigenvalue weighted by Gasteiger charge is 2.27. The number of rotatable bonds is 3. The summed E-state index contributed by atoms with van der Waals surface area (Å²) < 4.78 is 44.7. The molecular formula is C6H10N2O4S2. The maximum absolute atomic E-state index is 11.2. The molecule has 0 saturated heterocycles. The van der Waals surface area contributed by atoms with Gasteiger partial charge in [-0.1, -0.05) is 6.92 Å². The minimum Gasteiger partial charge on any atom is -0.383 e. The van der Waals surface area contributed by atoms with E-state index >= 15 is 0 Å². The lowest BCUT2D eigenvalue weighted by Gasteiger charge is -1.99. The molecule has 14 heavy (non-hydrogen) atoms. The molecule has 0 fully saturated rings. The Hall–Kier alpha value is -0.890. The first-order valence-electron chi connectivity index (χ1n) is 3.77. The Balaban J connectivity index is 3.02. The van der Waals surface area contributed by atoms with Gasteiger partial charge >= 0.3 is 0 Å². The molecule has 1 aliphatic heterocycles. The van der Waals surface area contributed by atoms with Crippen LogP contribution in [0.1, 0.15) is 6.92 Å². The summed E-state index contributed by atoms with van der Waals surface area (Å²) in [6.45, 7) is 1.44. The van der Waals surface area contributed by atoms with Gasteiger partial charge in [-0.2, -0.15) is 0 Å².